The predicted molar refractivity (Wildman–Crippen MR) is 147 cm³/mol. The Morgan fingerprint density at radius 1 is 0.588 bits per heavy atom. The molecule has 4 aromatic rings. The Morgan fingerprint density at radius 2 is 1.26 bits per heavy atom. The van der Waals surface area contributed by atoms with Crippen molar-refractivity contribution in [3.05, 3.63) is 101 Å². The van der Waals surface area contributed by atoms with Gasteiger partial charge in [-0.1, -0.05) is 96.1 Å². The fraction of sp³-hybridized carbons (Fsp3) is 0.303. The van der Waals surface area contributed by atoms with E-state index in [2.05, 4.69) is 134 Å². The van der Waals surface area contributed by atoms with Crippen LogP contribution in [0.5, 0.6) is 0 Å². The number of nitrogens with zero attached hydrogens (tertiary/aromatic N) is 1. The maximum absolute atomic E-state index is 5.00. The first kappa shape index (κ1) is 24.0. The minimum atomic E-state index is 0.00774. The van der Waals surface area contributed by atoms with E-state index in [1.807, 2.05) is 0 Å². The lowest BCUT2D eigenvalue weighted by Gasteiger charge is -2.24. The molecule has 0 atom stereocenters. The average Bonchev–Trinajstić information content (AvgIpc) is 2.79. The molecule has 0 saturated heterocycles. The molecular formula is C33H37N. The Balaban J connectivity index is 1.96. The maximum Gasteiger partial charge on any atom is 0.0708 e. The van der Waals surface area contributed by atoms with Gasteiger partial charge in [0.05, 0.1) is 5.69 Å². The highest BCUT2D eigenvalue weighted by molar-refractivity contribution is 5.79. The van der Waals surface area contributed by atoms with E-state index in [-0.39, 0.29) is 10.8 Å². The fourth-order valence-electron chi connectivity index (χ4n) is 4.50. The molecule has 4 rings (SSSR count). The monoisotopic (exact) mass is 447 g/mol. The van der Waals surface area contributed by atoms with Gasteiger partial charge in [-0.15, -0.1) is 0 Å². The van der Waals surface area contributed by atoms with E-state index in [0.29, 0.717) is 0 Å². The summed E-state index contributed by atoms with van der Waals surface area (Å²) in [6, 6.07) is 26.5. The molecule has 34 heavy (non-hydrogen) atoms. The zero-order valence-corrected chi connectivity index (χ0v) is 22.0. The van der Waals surface area contributed by atoms with Gasteiger partial charge >= 0.3 is 0 Å². The van der Waals surface area contributed by atoms with Gasteiger partial charge in [0.1, 0.15) is 0 Å². The van der Waals surface area contributed by atoms with Crippen LogP contribution in [0.4, 0.5) is 0 Å². The van der Waals surface area contributed by atoms with Crippen LogP contribution in [0.1, 0.15) is 63.8 Å². The molecule has 3 aromatic carbocycles. The lowest BCUT2D eigenvalue weighted by molar-refractivity contribution is 0.589. The number of rotatable bonds is 3. The summed E-state index contributed by atoms with van der Waals surface area (Å²) in [6.07, 6.45) is 2.08. The molecule has 0 radical (unpaired) electrons. The molecule has 0 aliphatic rings. The SMILES string of the molecule is Cc1cccc(-c2cc(-c3cc(-c4ccccc4)c(C(C)(C)C)cn3)cc(C(C)(C)C)c2)c1C. The quantitative estimate of drug-likeness (QED) is 0.305. The van der Waals surface area contributed by atoms with E-state index >= 15 is 0 Å². The van der Waals surface area contributed by atoms with Gasteiger partial charge in [0.15, 0.2) is 0 Å². The van der Waals surface area contributed by atoms with Crippen molar-refractivity contribution in [2.24, 2.45) is 0 Å². The van der Waals surface area contributed by atoms with Crippen molar-refractivity contribution in [2.75, 3.05) is 0 Å². The van der Waals surface area contributed by atoms with Crippen molar-refractivity contribution in [1.29, 1.82) is 0 Å². The Morgan fingerprint density at radius 3 is 1.91 bits per heavy atom. The van der Waals surface area contributed by atoms with E-state index in [1.54, 1.807) is 0 Å². The van der Waals surface area contributed by atoms with Crippen molar-refractivity contribution in [3.63, 3.8) is 0 Å². The van der Waals surface area contributed by atoms with Gasteiger partial charge in [0.25, 0.3) is 0 Å². The molecule has 0 fully saturated rings. The topological polar surface area (TPSA) is 12.9 Å². The van der Waals surface area contributed by atoms with E-state index in [4.69, 9.17) is 4.98 Å². The van der Waals surface area contributed by atoms with Crippen molar-refractivity contribution in [2.45, 2.75) is 66.2 Å². The second kappa shape index (κ2) is 8.87. The molecule has 0 aliphatic heterocycles. The third-order valence-electron chi connectivity index (χ3n) is 6.81. The van der Waals surface area contributed by atoms with Crippen LogP contribution in [0.3, 0.4) is 0 Å². The van der Waals surface area contributed by atoms with Gasteiger partial charge in [-0.25, -0.2) is 0 Å². The molecular weight excluding hydrogens is 410 g/mol. The molecule has 1 nitrogen and oxygen atoms in total. The smallest absolute Gasteiger partial charge is 0.0708 e. The molecule has 1 heteroatoms. The fourth-order valence-corrected chi connectivity index (χ4v) is 4.50. The molecule has 174 valence electrons. The average molecular weight is 448 g/mol. The molecule has 1 aromatic heterocycles. The molecule has 0 N–H and O–H groups in total. The first-order valence-electron chi connectivity index (χ1n) is 12.2. The highest BCUT2D eigenvalue weighted by atomic mass is 14.7. The number of hydrogen-bond acceptors (Lipinski definition) is 1. The third-order valence-corrected chi connectivity index (χ3v) is 6.81. The summed E-state index contributed by atoms with van der Waals surface area (Å²) >= 11 is 0. The second-order valence-electron chi connectivity index (χ2n) is 11.5. The zero-order valence-electron chi connectivity index (χ0n) is 22.0. The normalized spacial score (nSPS) is 12.1. The molecule has 0 bridgehead atoms. The molecule has 0 spiro atoms. The first-order chi connectivity index (χ1) is 15.9. The number of aromatic nitrogens is 1. The number of benzene rings is 3. The minimum absolute atomic E-state index is 0.00774. The van der Waals surface area contributed by atoms with Gasteiger partial charge in [0, 0.05) is 11.8 Å². The summed E-state index contributed by atoms with van der Waals surface area (Å²) < 4.78 is 0. The van der Waals surface area contributed by atoms with Gasteiger partial charge in [-0.3, -0.25) is 4.98 Å². The summed E-state index contributed by atoms with van der Waals surface area (Å²) in [5.74, 6) is 0. The van der Waals surface area contributed by atoms with Gasteiger partial charge in [0.2, 0.25) is 0 Å². The van der Waals surface area contributed by atoms with Crippen molar-refractivity contribution in [3.8, 4) is 33.5 Å². The maximum atomic E-state index is 5.00. The highest BCUT2D eigenvalue weighted by Gasteiger charge is 2.22. The van der Waals surface area contributed by atoms with Crippen LogP contribution < -0.4 is 0 Å². The molecule has 1 heterocycles. The lowest BCUT2D eigenvalue weighted by atomic mass is 9.81. The predicted octanol–water partition coefficient (Wildman–Crippen LogP) is 9.29. The van der Waals surface area contributed by atoms with E-state index in [1.165, 1.54) is 50.1 Å². The Kier molecular flexibility index (Phi) is 6.25. The van der Waals surface area contributed by atoms with Crippen LogP contribution in [-0.2, 0) is 10.8 Å². The van der Waals surface area contributed by atoms with Crippen LogP contribution in [0, 0.1) is 13.8 Å². The third kappa shape index (κ3) is 4.85. The number of pyridine rings is 1. The van der Waals surface area contributed by atoms with E-state index in [9.17, 15) is 0 Å². The van der Waals surface area contributed by atoms with Gasteiger partial charge in [-0.05, 0) is 87.4 Å². The van der Waals surface area contributed by atoms with Crippen LogP contribution in [0.2, 0.25) is 0 Å². The molecule has 0 amide bonds. The van der Waals surface area contributed by atoms with Gasteiger partial charge in [-0.2, -0.15) is 0 Å². The van der Waals surface area contributed by atoms with Crippen LogP contribution in [0.25, 0.3) is 33.5 Å². The van der Waals surface area contributed by atoms with Crippen LogP contribution in [0.15, 0.2) is 79.0 Å². The lowest BCUT2D eigenvalue weighted by Crippen LogP contribution is -2.14. The van der Waals surface area contributed by atoms with E-state index in [0.717, 1.165) is 5.69 Å². The number of hydrogen-bond donors (Lipinski definition) is 0. The Labute approximate surface area is 205 Å². The summed E-state index contributed by atoms with van der Waals surface area (Å²) in [4.78, 5) is 5.00. The van der Waals surface area contributed by atoms with Gasteiger partial charge < -0.3 is 0 Å². The van der Waals surface area contributed by atoms with Crippen molar-refractivity contribution < 1.29 is 0 Å². The number of aryl methyl sites for hydroxylation is 1. The summed E-state index contributed by atoms with van der Waals surface area (Å²) in [7, 11) is 0. The van der Waals surface area contributed by atoms with E-state index < -0.39 is 0 Å². The minimum Gasteiger partial charge on any atom is -0.256 e. The summed E-state index contributed by atoms with van der Waals surface area (Å²) in [5, 5.41) is 0. The van der Waals surface area contributed by atoms with Crippen LogP contribution in [-0.4, -0.2) is 4.98 Å². The second-order valence-corrected chi connectivity index (χ2v) is 11.5. The van der Waals surface area contributed by atoms with Crippen molar-refractivity contribution >= 4 is 0 Å². The van der Waals surface area contributed by atoms with Crippen molar-refractivity contribution in [1.82, 2.24) is 4.98 Å². The zero-order chi connectivity index (χ0) is 24.7. The Bertz CT molecular complexity index is 1320. The largest absolute Gasteiger partial charge is 0.256 e. The highest BCUT2D eigenvalue weighted by Crippen LogP contribution is 2.38. The standard InChI is InChI=1S/C33H37N/c1-22-13-12-16-28(23(22)2)25-17-26(19-27(18-25)32(3,4)5)31-20-29(24-14-10-9-11-15-24)30(21-34-31)33(6,7)8/h9-21H,1-8H3. The molecule has 0 unspecified atom stereocenters. The first-order valence-corrected chi connectivity index (χ1v) is 12.2. The molecule has 0 aliphatic carbocycles. The summed E-state index contributed by atoms with van der Waals surface area (Å²) in [6.45, 7) is 18.0. The molecule has 0 saturated carbocycles. The Hall–Kier alpha value is -3.19. The van der Waals surface area contributed by atoms with Crippen LogP contribution >= 0.6 is 0 Å². The summed E-state index contributed by atoms with van der Waals surface area (Å²) in [5.41, 5.74) is 12.5.